The Kier molecular flexibility index (Phi) is 6.83. The summed E-state index contributed by atoms with van der Waals surface area (Å²) in [5.74, 6) is 0.614. The second-order valence-electron chi connectivity index (χ2n) is 7.69. The summed E-state index contributed by atoms with van der Waals surface area (Å²) in [5.41, 5.74) is 2.62. The quantitative estimate of drug-likeness (QED) is 0.244. The average Bonchev–Trinajstić information content (AvgIpc) is 3.59. The number of anilines is 1. The van der Waals surface area contributed by atoms with Gasteiger partial charge in [0.2, 0.25) is 5.13 Å². The maximum absolute atomic E-state index is 12.8. The number of H-pyrrole nitrogens is 1. The van der Waals surface area contributed by atoms with Gasteiger partial charge in [-0.2, -0.15) is 10.2 Å². The van der Waals surface area contributed by atoms with Crippen LogP contribution in [-0.4, -0.2) is 43.2 Å². The number of sulfonamides is 1. The zero-order valence-corrected chi connectivity index (χ0v) is 22.8. The number of benzene rings is 2. The van der Waals surface area contributed by atoms with E-state index in [0.29, 0.717) is 29.2 Å². The second kappa shape index (κ2) is 10.0. The lowest BCUT2D eigenvalue weighted by molar-refractivity contribution is 0.601. The van der Waals surface area contributed by atoms with E-state index in [1.54, 1.807) is 22.9 Å². The third kappa shape index (κ3) is 5.16. The number of halogens is 1. The maximum Gasteiger partial charge on any atom is 0.263 e. The zero-order chi connectivity index (χ0) is 25.3. The molecule has 3 aromatic heterocycles. The van der Waals surface area contributed by atoms with Gasteiger partial charge in [-0.25, -0.2) is 8.42 Å². The van der Waals surface area contributed by atoms with Crippen LogP contribution in [0.5, 0.6) is 0 Å². The first-order valence-electron chi connectivity index (χ1n) is 10.7. The van der Waals surface area contributed by atoms with Crippen molar-refractivity contribution in [2.45, 2.75) is 24.8 Å². The monoisotopic (exact) mass is 602 g/mol. The highest BCUT2D eigenvalue weighted by Gasteiger charge is 2.18. The van der Waals surface area contributed by atoms with Crippen molar-refractivity contribution in [2.75, 3.05) is 4.72 Å². The molecule has 0 bridgehead atoms. The van der Waals surface area contributed by atoms with Crippen molar-refractivity contribution in [2.24, 2.45) is 0 Å². The summed E-state index contributed by atoms with van der Waals surface area (Å²) in [6.45, 7) is 2.57. The van der Waals surface area contributed by atoms with E-state index in [4.69, 9.17) is 12.2 Å². The third-order valence-corrected chi connectivity index (χ3v) is 8.38. The van der Waals surface area contributed by atoms with E-state index >= 15 is 0 Å². The highest BCUT2D eigenvalue weighted by Crippen LogP contribution is 2.25. The summed E-state index contributed by atoms with van der Waals surface area (Å²) < 4.78 is 33.0. The fraction of sp³-hybridized carbons (Fsp3) is 0.136. The molecule has 10 nitrogen and oxygen atoms in total. The third-order valence-electron chi connectivity index (χ3n) is 5.23. The predicted octanol–water partition coefficient (Wildman–Crippen LogP) is 4.82. The van der Waals surface area contributed by atoms with Crippen LogP contribution < -0.4 is 4.72 Å². The molecule has 0 aliphatic carbocycles. The number of rotatable bonds is 8. The Morgan fingerprint density at radius 2 is 1.86 bits per heavy atom. The van der Waals surface area contributed by atoms with Gasteiger partial charge in [-0.3, -0.25) is 19.1 Å². The Morgan fingerprint density at radius 3 is 2.50 bits per heavy atom. The summed E-state index contributed by atoms with van der Waals surface area (Å²) in [6, 6.07) is 14.3. The SMILES string of the molecule is CCc1nnc(NS(=O)(=O)c2ccc(-n3c(-c4ccc(Cn5cc(Br)cn5)cc4)n[nH]c3=S)cc2)s1. The number of nitrogens with one attached hydrogen (secondary N) is 2. The molecule has 0 spiro atoms. The minimum atomic E-state index is -3.81. The van der Waals surface area contributed by atoms with Gasteiger partial charge in [0.25, 0.3) is 10.0 Å². The van der Waals surface area contributed by atoms with Crippen molar-refractivity contribution < 1.29 is 8.42 Å². The van der Waals surface area contributed by atoms with E-state index < -0.39 is 10.0 Å². The molecule has 0 aliphatic rings. The molecule has 14 heteroatoms. The fourth-order valence-corrected chi connectivity index (χ4v) is 5.96. The minimum Gasteiger partial charge on any atom is -0.268 e. The highest BCUT2D eigenvalue weighted by atomic mass is 79.9. The second-order valence-corrected chi connectivity index (χ2v) is 11.7. The van der Waals surface area contributed by atoms with Crippen LogP contribution >= 0.6 is 39.5 Å². The molecule has 2 N–H and O–H groups in total. The molecule has 0 aliphatic heterocycles. The van der Waals surface area contributed by atoms with Gasteiger partial charge in [-0.1, -0.05) is 42.5 Å². The standard InChI is InChI=1S/C22H19BrN8O2S3/c1-2-19-25-27-21(35-19)29-36(32,33)18-9-7-17(8-10-18)31-20(26-28-22(31)34)15-5-3-14(4-6-15)12-30-13-16(23)11-24-30/h3-11,13H,2,12H2,1H3,(H,27,29)(H,28,34). The lowest BCUT2D eigenvalue weighted by Gasteiger charge is -2.10. The molecule has 36 heavy (non-hydrogen) atoms. The van der Waals surface area contributed by atoms with Crippen LogP contribution in [0.3, 0.4) is 0 Å². The van der Waals surface area contributed by atoms with Gasteiger partial charge in [0.15, 0.2) is 10.6 Å². The van der Waals surface area contributed by atoms with Crippen LogP contribution in [-0.2, 0) is 23.0 Å². The molecule has 0 radical (unpaired) electrons. The van der Waals surface area contributed by atoms with Crippen molar-refractivity contribution in [3.05, 3.63) is 80.7 Å². The summed E-state index contributed by atoms with van der Waals surface area (Å²) in [7, 11) is -3.81. The van der Waals surface area contributed by atoms with Crippen LogP contribution in [0.1, 0.15) is 17.5 Å². The number of aromatic amines is 1. The number of aryl methyl sites for hydroxylation is 1. The van der Waals surface area contributed by atoms with Crippen molar-refractivity contribution in [3.63, 3.8) is 0 Å². The van der Waals surface area contributed by atoms with E-state index in [2.05, 4.69) is 46.1 Å². The van der Waals surface area contributed by atoms with Crippen molar-refractivity contribution in [1.82, 2.24) is 34.7 Å². The first-order valence-corrected chi connectivity index (χ1v) is 14.2. The van der Waals surface area contributed by atoms with Crippen molar-refractivity contribution >= 4 is 54.6 Å². The van der Waals surface area contributed by atoms with E-state index in [-0.39, 0.29) is 10.0 Å². The summed E-state index contributed by atoms with van der Waals surface area (Å²) >= 11 is 10.1. The summed E-state index contributed by atoms with van der Waals surface area (Å²) in [6.07, 6.45) is 4.35. The molecule has 0 saturated heterocycles. The summed E-state index contributed by atoms with van der Waals surface area (Å²) in [5, 5.41) is 20.3. The van der Waals surface area contributed by atoms with Gasteiger partial charge < -0.3 is 0 Å². The Balaban J connectivity index is 1.38. The minimum absolute atomic E-state index is 0.102. The van der Waals surface area contributed by atoms with Gasteiger partial charge in [0.05, 0.1) is 27.8 Å². The van der Waals surface area contributed by atoms with Gasteiger partial charge in [-0.15, -0.1) is 10.2 Å². The molecule has 0 unspecified atom stereocenters. The average molecular weight is 604 g/mol. The molecular formula is C22H19BrN8O2S3. The topological polar surface area (TPSA) is 123 Å². The van der Waals surface area contributed by atoms with Crippen LogP contribution in [0.15, 0.2) is 70.3 Å². The molecule has 184 valence electrons. The Morgan fingerprint density at radius 1 is 1.11 bits per heavy atom. The molecular weight excluding hydrogens is 584 g/mol. The molecule has 0 atom stereocenters. The Labute approximate surface area is 224 Å². The number of aromatic nitrogens is 7. The molecule has 0 fully saturated rings. The normalized spacial score (nSPS) is 11.6. The first kappa shape index (κ1) is 24.5. The van der Waals surface area contributed by atoms with Crippen molar-refractivity contribution in [3.8, 4) is 17.1 Å². The summed E-state index contributed by atoms with van der Waals surface area (Å²) in [4.78, 5) is 0.102. The lowest BCUT2D eigenvalue weighted by Crippen LogP contribution is -2.13. The number of nitrogens with zero attached hydrogens (tertiary/aromatic N) is 6. The molecule has 5 rings (SSSR count). The predicted molar refractivity (Wildman–Crippen MR) is 143 cm³/mol. The molecule has 2 aromatic carbocycles. The van der Waals surface area contributed by atoms with Crippen LogP contribution in [0.25, 0.3) is 17.1 Å². The van der Waals surface area contributed by atoms with Crippen LogP contribution in [0.4, 0.5) is 5.13 Å². The maximum atomic E-state index is 12.8. The van der Waals surface area contributed by atoms with Gasteiger partial charge in [-0.05, 0) is 64.4 Å². The lowest BCUT2D eigenvalue weighted by atomic mass is 10.1. The van der Waals surface area contributed by atoms with Gasteiger partial charge >= 0.3 is 0 Å². The van der Waals surface area contributed by atoms with E-state index in [1.165, 1.54) is 23.5 Å². The molecule has 0 saturated carbocycles. The smallest absolute Gasteiger partial charge is 0.263 e. The first-order chi connectivity index (χ1) is 17.3. The molecule has 5 aromatic rings. The van der Waals surface area contributed by atoms with E-state index in [1.807, 2.05) is 42.1 Å². The van der Waals surface area contributed by atoms with E-state index in [9.17, 15) is 8.42 Å². The van der Waals surface area contributed by atoms with Gasteiger partial charge in [0, 0.05) is 11.8 Å². The Bertz CT molecular complexity index is 1670. The highest BCUT2D eigenvalue weighted by molar-refractivity contribution is 9.10. The number of hydrogen-bond donors (Lipinski definition) is 2. The van der Waals surface area contributed by atoms with Crippen LogP contribution in [0.2, 0.25) is 0 Å². The number of hydrogen-bond acceptors (Lipinski definition) is 8. The molecule has 3 heterocycles. The zero-order valence-electron chi connectivity index (χ0n) is 18.8. The fourth-order valence-electron chi connectivity index (χ4n) is 3.49. The molecule has 0 amide bonds. The van der Waals surface area contributed by atoms with Gasteiger partial charge in [0.1, 0.15) is 5.01 Å². The largest absolute Gasteiger partial charge is 0.268 e. The van der Waals surface area contributed by atoms with Crippen LogP contribution in [0, 0.1) is 4.77 Å². The Hall–Kier alpha value is -3.20. The van der Waals surface area contributed by atoms with Crippen molar-refractivity contribution in [1.29, 1.82) is 0 Å². The van der Waals surface area contributed by atoms with E-state index in [0.717, 1.165) is 20.6 Å².